The molecule has 23 heavy (non-hydrogen) atoms. The van der Waals surface area contributed by atoms with Crippen LogP contribution in [0.15, 0.2) is 43.1 Å². The summed E-state index contributed by atoms with van der Waals surface area (Å²) in [5.41, 5.74) is 9.07. The summed E-state index contributed by atoms with van der Waals surface area (Å²) in [4.78, 5) is 13.1. The smallest absolute Gasteiger partial charge is 0.169 e. The predicted octanol–water partition coefficient (Wildman–Crippen LogP) is 1.10. The van der Waals surface area contributed by atoms with Crippen LogP contribution in [0.2, 0.25) is 0 Å². The highest BCUT2D eigenvalue weighted by Crippen LogP contribution is 2.20. The van der Waals surface area contributed by atoms with E-state index in [2.05, 4.69) is 35.6 Å². The third-order valence-electron chi connectivity index (χ3n) is 3.35. The van der Waals surface area contributed by atoms with E-state index >= 15 is 0 Å². The molecule has 0 aliphatic carbocycles. The maximum Gasteiger partial charge on any atom is 0.169 e. The highest BCUT2D eigenvalue weighted by atomic mass is 15.2. The molecule has 4 rings (SSSR count). The summed E-state index contributed by atoms with van der Waals surface area (Å²) in [6, 6.07) is 3.73. The highest BCUT2D eigenvalue weighted by Gasteiger charge is 2.08. The number of nitrogens with zero attached hydrogens (tertiary/aromatic N) is 6. The Morgan fingerprint density at radius 1 is 1.22 bits per heavy atom. The zero-order valence-corrected chi connectivity index (χ0v) is 12.0. The van der Waals surface area contributed by atoms with Gasteiger partial charge in [0, 0.05) is 24.0 Å². The average molecular weight is 307 g/mol. The van der Waals surface area contributed by atoms with Crippen LogP contribution in [0, 0.1) is 0 Å². The number of nitrogen functional groups attached to an aromatic ring is 1. The van der Waals surface area contributed by atoms with Crippen LogP contribution in [0.25, 0.3) is 16.9 Å². The molecule has 0 unspecified atom stereocenters. The molecule has 9 nitrogen and oxygen atoms in total. The van der Waals surface area contributed by atoms with Crippen molar-refractivity contribution >= 4 is 17.3 Å². The van der Waals surface area contributed by atoms with Crippen molar-refractivity contribution < 1.29 is 0 Å². The quantitative estimate of drug-likeness (QED) is 0.516. The topological polar surface area (TPSA) is 123 Å². The van der Waals surface area contributed by atoms with Crippen molar-refractivity contribution in [2.75, 3.05) is 11.1 Å². The highest BCUT2D eigenvalue weighted by molar-refractivity contribution is 5.64. The van der Waals surface area contributed by atoms with Crippen molar-refractivity contribution in [2.24, 2.45) is 0 Å². The molecule has 0 aromatic carbocycles. The van der Waals surface area contributed by atoms with E-state index in [0.717, 1.165) is 16.9 Å². The zero-order valence-electron chi connectivity index (χ0n) is 12.0. The monoisotopic (exact) mass is 307 g/mol. The molecule has 0 aliphatic heterocycles. The SMILES string of the molecule is Nc1ncc(-c2cn[nH]c2)nc1NCc1ccn2nccc2n1. The fourth-order valence-electron chi connectivity index (χ4n) is 2.18. The number of aromatic nitrogens is 7. The molecule has 0 fully saturated rings. The largest absolute Gasteiger partial charge is 0.381 e. The molecule has 4 aromatic rings. The first kappa shape index (κ1) is 13.2. The molecule has 0 amide bonds. The van der Waals surface area contributed by atoms with Gasteiger partial charge in [0.05, 0.1) is 36.5 Å². The Hall–Kier alpha value is -3.49. The number of fused-ring (bicyclic) bond motifs is 1. The molecule has 4 N–H and O–H groups in total. The Bertz CT molecular complexity index is 942. The van der Waals surface area contributed by atoms with Gasteiger partial charge in [0.2, 0.25) is 0 Å². The Morgan fingerprint density at radius 2 is 2.17 bits per heavy atom. The van der Waals surface area contributed by atoms with Crippen LogP contribution in [-0.4, -0.2) is 34.8 Å². The van der Waals surface area contributed by atoms with Gasteiger partial charge in [-0.15, -0.1) is 0 Å². The third-order valence-corrected chi connectivity index (χ3v) is 3.35. The van der Waals surface area contributed by atoms with E-state index in [1.165, 1.54) is 0 Å². The lowest BCUT2D eigenvalue weighted by atomic mass is 10.3. The van der Waals surface area contributed by atoms with Gasteiger partial charge >= 0.3 is 0 Å². The van der Waals surface area contributed by atoms with Gasteiger partial charge < -0.3 is 11.1 Å². The van der Waals surface area contributed by atoms with Gasteiger partial charge in [-0.2, -0.15) is 10.2 Å². The van der Waals surface area contributed by atoms with Gasteiger partial charge in [-0.25, -0.2) is 19.5 Å². The summed E-state index contributed by atoms with van der Waals surface area (Å²) in [5, 5.41) is 13.9. The molecule has 0 atom stereocenters. The second-order valence-electron chi connectivity index (χ2n) is 4.88. The number of nitrogens with one attached hydrogen (secondary N) is 2. The first-order valence-electron chi connectivity index (χ1n) is 6.94. The molecular formula is C14H13N9. The maximum absolute atomic E-state index is 5.89. The molecule has 0 bridgehead atoms. The molecule has 114 valence electrons. The van der Waals surface area contributed by atoms with Gasteiger partial charge in [-0.1, -0.05) is 0 Å². The molecule has 9 heteroatoms. The van der Waals surface area contributed by atoms with E-state index in [9.17, 15) is 0 Å². The van der Waals surface area contributed by atoms with Crippen molar-refractivity contribution in [3.8, 4) is 11.3 Å². The van der Waals surface area contributed by atoms with Crippen LogP contribution in [0.3, 0.4) is 0 Å². The van der Waals surface area contributed by atoms with Crippen LogP contribution in [-0.2, 0) is 6.54 Å². The van der Waals surface area contributed by atoms with Crippen molar-refractivity contribution in [2.45, 2.75) is 6.54 Å². The minimum absolute atomic E-state index is 0.336. The minimum Gasteiger partial charge on any atom is -0.381 e. The van der Waals surface area contributed by atoms with Gasteiger partial charge in [-0.05, 0) is 6.07 Å². The summed E-state index contributed by atoms with van der Waals surface area (Å²) >= 11 is 0. The molecular weight excluding hydrogens is 294 g/mol. The van der Waals surface area contributed by atoms with Crippen LogP contribution in [0.1, 0.15) is 5.69 Å². The number of rotatable bonds is 4. The van der Waals surface area contributed by atoms with Gasteiger partial charge in [0.25, 0.3) is 0 Å². The summed E-state index contributed by atoms with van der Waals surface area (Å²) in [5.74, 6) is 0.849. The fraction of sp³-hybridized carbons (Fsp3) is 0.0714. The Morgan fingerprint density at radius 3 is 3.04 bits per heavy atom. The van der Waals surface area contributed by atoms with Crippen molar-refractivity contribution in [3.05, 3.63) is 48.8 Å². The van der Waals surface area contributed by atoms with E-state index in [-0.39, 0.29) is 0 Å². The third kappa shape index (κ3) is 2.55. The van der Waals surface area contributed by atoms with Crippen molar-refractivity contribution in [3.63, 3.8) is 0 Å². The Labute approximate surface area is 130 Å². The van der Waals surface area contributed by atoms with Crippen molar-refractivity contribution in [1.82, 2.24) is 34.8 Å². The van der Waals surface area contributed by atoms with E-state index < -0.39 is 0 Å². The lowest BCUT2D eigenvalue weighted by molar-refractivity contribution is 0.912. The summed E-state index contributed by atoms with van der Waals surface area (Å²) in [6.45, 7) is 0.482. The molecule has 0 radical (unpaired) electrons. The molecule has 0 spiro atoms. The summed E-state index contributed by atoms with van der Waals surface area (Å²) in [7, 11) is 0. The average Bonchev–Trinajstić information content (AvgIpc) is 3.25. The van der Waals surface area contributed by atoms with Crippen LogP contribution < -0.4 is 11.1 Å². The van der Waals surface area contributed by atoms with E-state index in [1.54, 1.807) is 29.3 Å². The first-order chi connectivity index (χ1) is 11.3. The number of hydrogen-bond donors (Lipinski definition) is 3. The molecule has 0 saturated heterocycles. The summed E-state index contributed by atoms with van der Waals surface area (Å²) < 4.78 is 1.71. The minimum atomic E-state index is 0.336. The second kappa shape index (κ2) is 5.37. The maximum atomic E-state index is 5.89. The lowest BCUT2D eigenvalue weighted by Crippen LogP contribution is -2.08. The molecule has 4 heterocycles. The van der Waals surface area contributed by atoms with Crippen LogP contribution >= 0.6 is 0 Å². The van der Waals surface area contributed by atoms with Gasteiger partial charge in [-0.3, -0.25) is 5.10 Å². The standard InChI is InChI=1S/C14H13N9/c15-13-14(22-11(8-16-13)9-5-18-19-6-9)17-7-10-2-4-23-12(21-10)1-3-20-23/h1-6,8H,7H2,(H2,15,16)(H,17,22)(H,18,19). The van der Waals surface area contributed by atoms with E-state index in [0.29, 0.717) is 23.9 Å². The normalized spacial score (nSPS) is 11.0. The molecule has 0 saturated carbocycles. The predicted molar refractivity (Wildman–Crippen MR) is 84.3 cm³/mol. The van der Waals surface area contributed by atoms with E-state index in [4.69, 9.17) is 5.73 Å². The van der Waals surface area contributed by atoms with E-state index in [1.807, 2.05) is 18.3 Å². The Balaban J connectivity index is 1.57. The number of aromatic amines is 1. The number of H-pyrrole nitrogens is 1. The molecule has 0 aliphatic rings. The lowest BCUT2D eigenvalue weighted by Gasteiger charge is -2.08. The summed E-state index contributed by atoms with van der Waals surface area (Å²) in [6.07, 6.45) is 8.60. The van der Waals surface area contributed by atoms with Crippen molar-refractivity contribution in [1.29, 1.82) is 0 Å². The molecule has 4 aromatic heterocycles. The first-order valence-corrected chi connectivity index (χ1v) is 6.94. The zero-order chi connectivity index (χ0) is 15.6. The fourth-order valence-corrected chi connectivity index (χ4v) is 2.18. The second-order valence-corrected chi connectivity index (χ2v) is 4.88. The number of nitrogens with two attached hydrogens (primary N) is 1. The number of anilines is 2. The van der Waals surface area contributed by atoms with Gasteiger partial charge in [0.15, 0.2) is 17.3 Å². The number of hydrogen-bond acceptors (Lipinski definition) is 7. The van der Waals surface area contributed by atoms with Crippen LogP contribution in [0.5, 0.6) is 0 Å². The van der Waals surface area contributed by atoms with Gasteiger partial charge in [0.1, 0.15) is 0 Å². The van der Waals surface area contributed by atoms with Crippen LogP contribution in [0.4, 0.5) is 11.6 Å². The Kier molecular flexibility index (Phi) is 3.08.